The monoisotopic (exact) mass is 388 g/mol. The molecule has 0 fully saturated rings. The summed E-state index contributed by atoms with van der Waals surface area (Å²) in [6.45, 7) is 24.2. The Kier molecular flexibility index (Phi) is 6.92. The van der Waals surface area contributed by atoms with E-state index in [2.05, 4.69) is 78.8 Å². The summed E-state index contributed by atoms with van der Waals surface area (Å²) in [6.07, 6.45) is 1.70. The minimum Gasteiger partial charge on any atom is -0.481 e. The molecule has 2 atom stereocenters. The highest BCUT2D eigenvalue weighted by atomic mass is 16.4. The molecule has 2 heteroatoms. The standard InChI is InChI=1S/C26H44O2/c1-22(2,3)17-20(19-15-13-12-14-16-19)25(9,10)24(7,8)18-26(11,21(27)28)23(4,5)6/h12-16,20H,17-18H2,1-11H3,(H,27,28). The van der Waals surface area contributed by atoms with Gasteiger partial charge in [0.1, 0.15) is 0 Å². The van der Waals surface area contributed by atoms with Crippen molar-refractivity contribution in [1.82, 2.24) is 0 Å². The Morgan fingerprint density at radius 1 is 0.857 bits per heavy atom. The maximum atomic E-state index is 12.3. The molecule has 2 nitrogen and oxygen atoms in total. The first-order chi connectivity index (χ1) is 12.4. The number of carboxylic acid groups (broad SMARTS) is 1. The van der Waals surface area contributed by atoms with Crippen molar-refractivity contribution in [2.45, 2.75) is 94.9 Å². The number of hydrogen-bond donors (Lipinski definition) is 1. The molecule has 0 saturated carbocycles. The molecule has 160 valence electrons. The van der Waals surface area contributed by atoms with Gasteiger partial charge in [-0.15, -0.1) is 0 Å². The molecule has 0 saturated heterocycles. The Morgan fingerprint density at radius 2 is 1.32 bits per heavy atom. The maximum Gasteiger partial charge on any atom is 0.309 e. The fourth-order valence-corrected chi connectivity index (χ4v) is 4.33. The van der Waals surface area contributed by atoms with Gasteiger partial charge in [0.05, 0.1) is 5.41 Å². The number of carbonyl (C=O) groups is 1. The van der Waals surface area contributed by atoms with Crippen LogP contribution in [0.1, 0.15) is 100 Å². The van der Waals surface area contributed by atoms with Gasteiger partial charge in [-0.25, -0.2) is 0 Å². The quantitative estimate of drug-likeness (QED) is 0.517. The zero-order valence-electron chi connectivity index (χ0n) is 20.2. The first-order valence-corrected chi connectivity index (χ1v) is 10.6. The molecule has 0 bridgehead atoms. The first kappa shape index (κ1) is 24.7. The highest BCUT2D eigenvalue weighted by Crippen LogP contribution is 2.58. The van der Waals surface area contributed by atoms with Crippen LogP contribution in [0.15, 0.2) is 30.3 Å². The van der Waals surface area contributed by atoms with E-state index in [0.29, 0.717) is 12.3 Å². The first-order valence-electron chi connectivity index (χ1n) is 10.6. The van der Waals surface area contributed by atoms with E-state index in [4.69, 9.17) is 0 Å². The van der Waals surface area contributed by atoms with Crippen LogP contribution in [0, 0.1) is 27.1 Å². The summed E-state index contributed by atoms with van der Waals surface area (Å²) in [4.78, 5) is 12.3. The Balaban J connectivity index is 3.46. The van der Waals surface area contributed by atoms with Crippen molar-refractivity contribution >= 4 is 5.97 Å². The number of aliphatic carboxylic acids is 1. The van der Waals surface area contributed by atoms with Crippen molar-refractivity contribution in [2.75, 3.05) is 0 Å². The third kappa shape index (κ3) is 5.19. The van der Waals surface area contributed by atoms with Crippen molar-refractivity contribution < 1.29 is 9.90 Å². The average molecular weight is 389 g/mol. The summed E-state index contributed by atoms with van der Waals surface area (Å²) >= 11 is 0. The van der Waals surface area contributed by atoms with Crippen molar-refractivity contribution in [3.8, 4) is 0 Å². The van der Waals surface area contributed by atoms with Crippen LogP contribution < -0.4 is 0 Å². The van der Waals surface area contributed by atoms with E-state index in [0.717, 1.165) is 6.42 Å². The van der Waals surface area contributed by atoms with Gasteiger partial charge < -0.3 is 5.11 Å². The molecule has 1 N–H and O–H groups in total. The van der Waals surface area contributed by atoms with Crippen LogP contribution in [-0.4, -0.2) is 11.1 Å². The number of benzene rings is 1. The Morgan fingerprint density at radius 3 is 1.68 bits per heavy atom. The molecule has 0 radical (unpaired) electrons. The van der Waals surface area contributed by atoms with E-state index in [1.807, 2.05) is 27.7 Å². The van der Waals surface area contributed by atoms with Crippen molar-refractivity contribution in [3.63, 3.8) is 0 Å². The summed E-state index contributed by atoms with van der Waals surface area (Å²) < 4.78 is 0. The molecule has 1 aromatic rings. The molecule has 28 heavy (non-hydrogen) atoms. The second-order valence-corrected chi connectivity index (χ2v) is 12.4. The van der Waals surface area contributed by atoms with Crippen molar-refractivity contribution in [1.29, 1.82) is 0 Å². The molecule has 0 spiro atoms. The van der Waals surface area contributed by atoms with E-state index < -0.39 is 11.4 Å². The van der Waals surface area contributed by atoms with Crippen LogP contribution in [0.5, 0.6) is 0 Å². The third-order valence-electron chi connectivity index (χ3n) is 7.56. The average Bonchev–Trinajstić information content (AvgIpc) is 2.50. The third-order valence-corrected chi connectivity index (χ3v) is 7.56. The van der Waals surface area contributed by atoms with Crippen LogP contribution >= 0.6 is 0 Å². The summed E-state index contributed by atoms with van der Waals surface area (Å²) in [6, 6.07) is 10.8. The molecule has 0 aromatic heterocycles. The van der Waals surface area contributed by atoms with Crippen LogP contribution in [-0.2, 0) is 4.79 Å². The number of hydrogen-bond acceptors (Lipinski definition) is 1. The number of carboxylic acids is 1. The topological polar surface area (TPSA) is 37.3 Å². The van der Waals surface area contributed by atoms with Crippen LogP contribution in [0.2, 0.25) is 0 Å². The van der Waals surface area contributed by atoms with Gasteiger partial charge in [-0.2, -0.15) is 0 Å². The van der Waals surface area contributed by atoms with Crippen molar-refractivity contribution in [2.24, 2.45) is 27.1 Å². The van der Waals surface area contributed by atoms with Gasteiger partial charge >= 0.3 is 5.97 Å². The molecule has 0 heterocycles. The fourth-order valence-electron chi connectivity index (χ4n) is 4.33. The molecular formula is C26H44O2. The Hall–Kier alpha value is -1.31. The van der Waals surface area contributed by atoms with E-state index in [-0.39, 0.29) is 21.7 Å². The maximum absolute atomic E-state index is 12.3. The number of rotatable bonds is 7. The fraction of sp³-hybridized carbons (Fsp3) is 0.731. The zero-order valence-corrected chi connectivity index (χ0v) is 20.2. The van der Waals surface area contributed by atoms with E-state index in [1.165, 1.54) is 5.56 Å². The van der Waals surface area contributed by atoms with Gasteiger partial charge in [-0.1, -0.05) is 99.6 Å². The van der Waals surface area contributed by atoms with E-state index in [1.54, 1.807) is 0 Å². The molecule has 0 aliphatic rings. The molecule has 1 aromatic carbocycles. The lowest BCUT2D eigenvalue weighted by Crippen LogP contribution is -2.48. The molecule has 2 unspecified atom stereocenters. The van der Waals surface area contributed by atoms with Crippen LogP contribution in [0.25, 0.3) is 0 Å². The van der Waals surface area contributed by atoms with Gasteiger partial charge in [0, 0.05) is 0 Å². The molecule has 0 aliphatic heterocycles. The summed E-state index contributed by atoms with van der Waals surface area (Å²) in [7, 11) is 0. The SMILES string of the molecule is CC(C)(C)CC(c1ccccc1)C(C)(C)C(C)(C)CC(C)(C(=O)O)C(C)(C)C. The largest absolute Gasteiger partial charge is 0.481 e. The van der Waals surface area contributed by atoms with Crippen LogP contribution in [0.4, 0.5) is 0 Å². The predicted molar refractivity (Wildman–Crippen MR) is 121 cm³/mol. The minimum absolute atomic E-state index is 0.0798. The molecule has 0 aliphatic carbocycles. The lowest BCUT2D eigenvalue weighted by atomic mass is 9.50. The smallest absolute Gasteiger partial charge is 0.309 e. The normalized spacial score (nSPS) is 17.1. The van der Waals surface area contributed by atoms with Gasteiger partial charge in [-0.05, 0) is 52.9 Å². The summed E-state index contributed by atoms with van der Waals surface area (Å²) in [5, 5.41) is 10.1. The Bertz CT molecular complexity index is 656. The summed E-state index contributed by atoms with van der Waals surface area (Å²) in [5.41, 5.74) is 0.176. The highest BCUT2D eigenvalue weighted by molar-refractivity contribution is 5.75. The van der Waals surface area contributed by atoms with Crippen LogP contribution in [0.3, 0.4) is 0 Å². The van der Waals surface area contributed by atoms with E-state index >= 15 is 0 Å². The Labute approximate surface area is 174 Å². The minimum atomic E-state index is -0.795. The molecular weight excluding hydrogens is 344 g/mol. The summed E-state index contributed by atoms with van der Waals surface area (Å²) in [5.74, 6) is -0.349. The lowest BCUT2D eigenvalue weighted by molar-refractivity contribution is -0.160. The van der Waals surface area contributed by atoms with Gasteiger partial charge in [0.2, 0.25) is 0 Å². The molecule has 1 rings (SSSR count). The predicted octanol–water partition coefficient (Wildman–Crippen LogP) is 7.79. The zero-order chi connectivity index (χ0) is 22.2. The van der Waals surface area contributed by atoms with Crippen molar-refractivity contribution in [3.05, 3.63) is 35.9 Å². The second kappa shape index (κ2) is 7.84. The van der Waals surface area contributed by atoms with Gasteiger partial charge in [0.15, 0.2) is 0 Å². The second-order valence-electron chi connectivity index (χ2n) is 12.4. The lowest BCUT2D eigenvalue weighted by Gasteiger charge is -2.53. The molecule has 0 amide bonds. The van der Waals surface area contributed by atoms with Gasteiger partial charge in [0.25, 0.3) is 0 Å². The van der Waals surface area contributed by atoms with E-state index in [9.17, 15) is 9.90 Å². The van der Waals surface area contributed by atoms with Gasteiger partial charge in [-0.3, -0.25) is 4.79 Å². The highest BCUT2D eigenvalue weighted by Gasteiger charge is 2.53.